The molecule has 4 nitrogen and oxygen atoms in total. The second-order valence-corrected chi connectivity index (χ2v) is 8.31. The molecule has 3 aromatic carbocycles. The molecule has 158 valence electrons. The van der Waals surface area contributed by atoms with E-state index in [2.05, 4.69) is 5.32 Å². The number of amides is 1. The van der Waals surface area contributed by atoms with Crippen LogP contribution < -0.4 is 5.32 Å². The number of fused-ring (bicyclic) bond motifs is 1. The van der Waals surface area contributed by atoms with Crippen LogP contribution in [0.15, 0.2) is 72.3 Å². The van der Waals surface area contributed by atoms with Gasteiger partial charge in [0.15, 0.2) is 0 Å². The fraction of sp³-hybridized carbons (Fsp3) is 0.0769. The van der Waals surface area contributed by atoms with Gasteiger partial charge in [0.1, 0.15) is 11.6 Å². The Bertz CT molecular complexity index is 1400. The van der Waals surface area contributed by atoms with Crippen LogP contribution in [-0.2, 0) is 4.79 Å². The molecule has 0 aliphatic carbocycles. The normalized spacial score (nSPS) is 11.4. The van der Waals surface area contributed by atoms with E-state index in [1.54, 1.807) is 12.1 Å². The standard InChI is InChI=1S/C26H19Cl2N3O/c1-16-10-19(17(2)31(16)23-13-21(27)12-22(28)14-23)11-20(15-29)26(32)30-25-9-5-7-18-6-3-4-8-24(18)25/h3-14H,1-2H3,(H,30,32)/b20-11+. The topological polar surface area (TPSA) is 57.8 Å². The Labute approximate surface area is 196 Å². The van der Waals surface area contributed by atoms with Gasteiger partial charge in [0.2, 0.25) is 0 Å². The monoisotopic (exact) mass is 459 g/mol. The Morgan fingerprint density at radius 3 is 2.41 bits per heavy atom. The predicted molar refractivity (Wildman–Crippen MR) is 131 cm³/mol. The highest BCUT2D eigenvalue weighted by molar-refractivity contribution is 6.34. The number of nitriles is 1. The Morgan fingerprint density at radius 1 is 1.00 bits per heavy atom. The summed E-state index contributed by atoms with van der Waals surface area (Å²) in [7, 11) is 0. The lowest BCUT2D eigenvalue weighted by Crippen LogP contribution is -2.13. The maximum absolute atomic E-state index is 12.9. The van der Waals surface area contributed by atoms with E-state index >= 15 is 0 Å². The zero-order chi connectivity index (χ0) is 22.8. The first-order chi connectivity index (χ1) is 15.4. The average Bonchev–Trinajstić information content (AvgIpc) is 3.04. The van der Waals surface area contributed by atoms with Crippen LogP contribution in [0, 0.1) is 25.2 Å². The average molecular weight is 460 g/mol. The smallest absolute Gasteiger partial charge is 0.266 e. The number of carbonyl (C=O) groups is 1. The number of hydrogen-bond donors (Lipinski definition) is 1. The molecule has 1 N–H and O–H groups in total. The maximum Gasteiger partial charge on any atom is 0.266 e. The van der Waals surface area contributed by atoms with E-state index in [1.807, 2.05) is 85.1 Å². The molecule has 0 fully saturated rings. The fourth-order valence-corrected chi connectivity index (χ4v) is 4.34. The second-order valence-electron chi connectivity index (χ2n) is 7.44. The maximum atomic E-state index is 12.9. The lowest BCUT2D eigenvalue weighted by atomic mass is 10.1. The molecular weight excluding hydrogens is 441 g/mol. The molecule has 6 heteroatoms. The van der Waals surface area contributed by atoms with Gasteiger partial charge >= 0.3 is 0 Å². The van der Waals surface area contributed by atoms with Gasteiger partial charge in [-0.15, -0.1) is 0 Å². The number of aromatic nitrogens is 1. The van der Waals surface area contributed by atoms with Crippen molar-refractivity contribution in [1.82, 2.24) is 4.57 Å². The lowest BCUT2D eigenvalue weighted by Gasteiger charge is -2.11. The van der Waals surface area contributed by atoms with Gasteiger partial charge in [-0.3, -0.25) is 4.79 Å². The molecule has 1 aromatic heterocycles. The second kappa shape index (κ2) is 8.92. The summed E-state index contributed by atoms with van der Waals surface area (Å²) >= 11 is 12.3. The van der Waals surface area contributed by atoms with Gasteiger partial charge in [0.25, 0.3) is 5.91 Å². The number of aryl methyl sites for hydroxylation is 1. The summed E-state index contributed by atoms with van der Waals surface area (Å²) in [5.74, 6) is -0.459. The number of rotatable bonds is 4. The minimum Gasteiger partial charge on any atom is -0.321 e. The predicted octanol–water partition coefficient (Wildman–Crippen LogP) is 7.10. The summed E-state index contributed by atoms with van der Waals surface area (Å²) in [6.45, 7) is 3.87. The van der Waals surface area contributed by atoms with Crippen LogP contribution in [0.2, 0.25) is 10.0 Å². The number of nitrogens with zero attached hydrogens (tertiary/aromatic N) is 2. The highest BCUT2D eigenvalue weighted by Crippen LogP contribution is 2.28. The summed E-state index contributed by atoms with van der Waals surface area (Å²) in [5, 5.41) is 15.5. The zero-order valence-corrected chi connectivity index (χ0v) is 19.0. The Hall–Kier alpha value is -3.52. The first kappa shape index (κ1) is 21.7. The summed E-state index contributed by atoms with van der Waals surface area (Å²) in [6.07, 6.45) is 1.60. The van der Waals surface area contributed by atoms with Crippen LogP contribution in [0.4, 0.5) is 5.69 Å². The summed E-state index contributed by atoms with van der Waals surface area (Å²) in [5.41, 5.74) is 4.06. The highest BCUT2D eigenvalue weighted by atomic mass is 35.5. The first-order valence-electron chi connectivity index (χ1n) is 9.93. The van der Waals surface area contributed by atoms with Crippen molar-refractivity contribution in [3.05, 3.63) is 99.3 Å². The molecule has 4 rings (SSSR count). The third-order valence-electron chi connectivity index (χ3n) is 5.28. The van der Waals surface area contributed by atoms with E-state index in [0.29, 0.717) is 15.7 Å². The number of halogens is 2. The van der Waals surface area contributed by atoms with Crippen LogP contribution in [0.5, 0.6) is 0 Å². The third kappa shape index (κ3) is 4.27. The van der Waals surface area contributed by atoms with Gasteiger partial charge in [0.05, 0.1) is 0 Å². The minimum atomic E-state index is -0.459. The van der Waals surface area contributed by atoms with Crippen LogP contribution in [-0.4, -0.2) is 10.5 Å². The van der Waals surface area contributed by atoms with E-state index in [-0.39, 0.29) is 5.57 Å². The van der Waals surface area contributed by atoms with Crippen molar-refractivity contribution in [2.24, 2.45) is 0 Å². The third-order valence-corrected chi connectivity index (χ3v) is 5.71. The van der Waals surface area contributed by atoms with E-state index in [0.717, 1.165) is 33.4 Å². The van der Waals surface area contributed by atoms with Crippen LogP contribution in [0.1, 0.15) is 17.0 Å². The van der Waals surface area contributed by atoms with Crippen LogP contribution in [0.25, 0.3) is 22.5 Å². The van der Waals surface area contributed by atoms with E-state index in [9.17, 15) is 10.1 Å². The molecule has 0 saturated heterocycles. The highest BCUT2D eigenvalue weighted by Gasteiger charge is 2.15. The van der Waals surface area contributed by atoms with Crippen molar-refractivity contribution in [2.45, 2.75) is 13.8 Å². The SMILES string of the molecule is Cc1cc(/C=C(\C#N)C(=O)Nc2cccc3ccccc23)c(C)n1-c1cc(Cl)cc(Cl)c1. The Morgan fingerprint density at radius 2 is 1.69 bits per heavy atom. The Kier molecular flexibility index (Phi) is 6.05. The van der Waals surface area contributed by atoms with Crippen molar-refractivity contribution in [3.63, 3.8) is 0 Å². The minimum absolute atomic E-state index is 0.0160. The molecule has 0 saturated carbocycles. The van der Waals surface area contributed by atoms with Crippen molar-refractivity contribution in [3.8, 4) is 11.8 Å². The van der Waals surface area contributed by atoms with Gasteiger partial charge in [-0.1, -0.05) is 59.6 Å². The molecule has 0 aliphatic heterocycles. The number of benzene rings is 3. The number of nitrogens with one attached hydrogen (secondary N) is 1. The fourth-order valence-electron chi connectivity index (χ4n) is 3.83. The Balaban J connectivity index is 1.69. The van der Waals surface area contributed by atoms with Gasteiger partial charge in [-0.25, -0.2) is 0 Å². The molecule has 0 aliphatic rings. The van der Waals surface area contributed by atoms with Gasteiger partial charge in [0, 0.05) is 38.2 Å². The van der Waals surface area contributed by atoms with Crippen molar-refractivity contribution < 1.29 is 4.79 Å². The van der Waals surface area contributed by atoms with Crippen molar-refractivity contribution >= 4 is 51.6 Å². The van der Waals surface area contributed by atoms with E-state index < -0.39 is 5.91 Å². The van der Waals surface area contributed by atoms with E-state index in [1.165, 1.54) is 0 Å². The largest absolute Gasteiger partial charge is 0.321 e. The molecule has 0 unspecified atom stereocenters. The molecule has 4 aromatic rings. The van der Waals surface area contributed by atoms with Crippen molar-refractivity contribution in [2.75, 3.05) is 5.32 Å². The van der Waals surface area contributed by atoms with Gasteiger partial charge < -0.3 is 9.88 Å². The number of anilines is 1. The quantitative estimate of drug-likeness (QED) is 0.261. The van der Waals surface area contributed by atoms with Gasteiger partial charge in [-0.2, -0.15) is 5.26 Å². The van der Waals surface area contributed by atoms with Crippen LogP contribution in [0.3, 0.4) is 0 Å². The van der Waals surface area contributed by atoms with Crippen LogP contribution >= 0.6 is 23.2 Å². The number of carbonyl (C=O) groups excluding carboxylic acids is 1. The molecule has 0 atom stereocenters. The summed E-state index contributed by atoms with van der Waals surface area (Å²) in [6, 6.07) is 22.7. The van der Waals surface area contributed by atoms with Gasteiger partial charge in [-0.05, 0) is 61.2 Å². The summed E-state index contributed by atoms with van der Waals surface area (Å²) < 4.78 is 1.99. The first-order valence-corrected chi connectivity index (χ1v) is 10.7. The molecule has 0 spiro atoms. The molecule has 0 bridgehead atoms. The molecule has 1 heterocycles. The number of hydrogen-bond acceptors (Lipinski definition) is 2. The molecular formula is C26H19Cl2N3O. The van der Waals surface area contributed by atoms with E-state index in [4.69, 9.17) is 23.2 Å². The molecule has 32 heavy (non-hydrogen) atoms. The zero-order valence-electron chi connectivity index (χ0n) is 17.5. The van der Waals surface area contributed by atoms with Crippen molar-refractivity contribution in [1.29, 1.82) is 5.26 Å². The molecule has 0 radical (unpaired) electrons. The lowest BCUT2D eigenvalue weighted by molar-refractivity contribution is -0.112. The molecule has 1 amide bonds. The summed E-state index contributed by atoms with van der Waals surface area (Å²) in [4.78, 5) is 12.9.